The molecule has 0 spiro atoms. The summed E-state index contributed by atoms with van der Waals surface area (Å²) in [6.07, 6.45) is 3.01. The van der Waals surface area contributed by atoms with Crippen LogP contribution in [0.4, 0.5) is 0 Å². The summed E-state index contributed by atoms with van der Waals surface area (Å²) < 4.78 is 5.35. The Morgan fingerprint density at radius 2 is 2.00 bits per heavy atom. The summed E-state index contributed by atoms with van der Waals surface area (Å²) in [7, 11) is 0. The summed E-state index contributed by atoms with van der Waals surface area (Å²) in [6.45, 7) is 5.87. The lowest BCUT2D eigenvalue weighted by Gasteiger charge is -2.25. The zero-order valence-corrected chi connectivity index (χ0v) is 16.3. The molecule has 0 bridgehead atoms. The van der Waals surface area contributed by atoms with Crippen LogP contribution in [0.1, 0.15) is 27.3 Å². The molecular weight excluding hydrogens is 370 g/mol. The standard InChI is InChI=1S/C21H23N5O3/c1-14-2-4-15(5-3-14)10-24-21(28)16-11-22-17-12-23-18(25-19(17)20(16)27)13-26-6-8-29-9-7-26/h2-5,11-12H,6-10,13H2,1H3,(H,22,27)(H,24,28). The summed E-state index contributed by atoms with van der Waals surface area (Å²) in [5.41, 5.74) is 2.50. The van der Waals surface area contributed by atoms with Crippen molar-refractivity contribution in [2.24, 2.45) is 0 Å². The van der Waals surface area contributed by atoms with Gasteiger partial charge in [-0.05, 0) is 12.5 Å². The van der Waals surface area contributed by atoms with E-state index in [9.17, 15) is 9.59 Å². The van der Waals surface area contributed by atoms with E-state index in [1.165, 1.54) is 6.20 Å². The topological polar surface area (TPSA) is 100 Å². The molecule has 1 fully saturated rings. The molecular formula is C21H23N5O3. The molecule has 29 heavy (non-hydrogen) atoms. The number of morpholine rings is 1. The minimum Gasteiger partial charge on any atom is -0.379 e. The molecule has 0 unspecified atom stereocenters. The van der Waals surface area contributed by atoms with Gasteiger partial charge in [0, 0.05) is 25.8 Å². The average Bonchev–Trinajstić information content (AvgIpc) is 2.74. The number of pyridine rings is 1. The van der Waals surface area contributed by atoms with E-state index in [2.05, 4.69) is 25.2 Å². The Bertz CT molecular complexity index is 1070. The molecule has 2 aromatic heterocycles. The predicted octanol–water partition coefficient (Wildman–Crippen LogP) is 1.39. The van der Waals surface area contributed by atoms with Crippen molar-refractivity contribution in [3.8, 4) is 0 Å². The van der Waals surface area contributed by atoms with Crippen LogP contribution >= 0.6 is 0 Å². The van der Waals surface area contributed by atoms with Gasteiger partial charge in [0.15, 0.2) is 0 Å². The van der Waals surface area contributed by atoms with Crippen molar-refractivity contribution in [1.29, 1.82) is 0 Å². The van der Waals surface area contributed by atoms with Gasteiger partial charge in [0.05, 0.1) is 31.5 Å². The lowest BCUT2D eigenvalue weighted by Crippen LogP contribution is -2.36. The lowest BCUT2D eigenvalue weighted by molar-refractivity contribution is 0.0331. The summed E-state index contributed by atoms with van der Waals surface area (Å²) in [5.74, 6) is 0.129. The number of nitrogens with zero attached hydrogens (tertiary/aromatic N) is 3. The number of aromatic nitrogens is 3. The monoisotopic (exact) mass is 393 g/mol. The number of fused-ring (bicyclic) bond motifs is 1. The Hall–Kier alpha value is -3.10. The fraction of sp³-hybridized carbons (Fsp3) is 0.333. The smallest absolute Gasteiger partial charge is 0.257 e. The Labute approximate surface area is 167 Å². The van der Waals surface area contributed by atoms with Gasteiger partial charge in [-0.2, -0.15) is 0 Å². The second kappa shape index (κ2) is 8.50. The lowest BCUT2D eigenvalue weighted by atomic mass is 10.1. The van der Waals surface area contributed by atoms with E-state index < -0.39 is 11.3 Å². The number of hydrogen-bond acceptors (Lipinski definition) is 6. The number of carbonyl (C=O) groups is 1. The van der Waals surface area contributed by atoms with Gasteiger partial charge in [-0.3, -0.25) is 14.5 Å². The maximum absolute atomic E-state index is 12.9. The Balaban J connectivity index is 1.52. The van der Waals surface area contributed by atoms with Crippen LogP contribution in [0, 0.1) is 6.92 Å². The van der Waals surface area contributed by atoms with Gasteiger partial charge in [-0.1, -0.05) is 29.8 Å². The van der Waals surface area contributed by atoms with Gasteiger partial charge < -0.3 is 15.0 Å². The third kappa shape index (κ3) is 4.49. The largest absolute Gasteiger partial charge is 0.379 e. The summed E-state index contributed by atoms with van der Waals surface area (Å²) in [4.78, 5) is 39.3. The van der Waals surface area contributed by atoms with Gasteiger partial charge in [0.2, 0.25) is 5.43 Å². The number of nitrogens with one attached hydrogen (secondary N) is 2. The zero-order valence-electron chi connectivity index (χ0n) is 16.3. The maximum atomic E-state index is 12.9. The first-order chi connectivity index (χ1) is 14.1. The molecule has 2 N–H and O–H groups in total. The SMILES string of the molecule is Cc1ccc(CNC(=O)c2c[nH]c3cnc(CN4CCOCC4)nc3c2=O)cc1. The van der Waals surface area contributed by atoms with Crippen LogP contribution in [-0.2, 0) is 17.8 Å². The number of H-pyrrole nitrogens is 1. The first kappa shape index (κ1) is 19.2. The molecule has 1 amide bonds. The van der Waals surface area contributed by atoms with E-state index in [0.29, 0.717) is 37.6 Å². The van der Waals surface area contributed by atoms with Crippen molar-refractivity contribution in [2.75, 3.05) is 26.3 Å². The molecule has 8 nitrogen and oxygen atoms in total. The number of carbonyl (C=O) groups excluding carboxylic acids is 1. The number of rotatable bonds is 5. The first-order valence-electron chi connectivity index (χ1n) is 9.61. The molecule has 0 atom stereocenters. The van der Waals surface area contributed by atoms with Crippen molar-refractivity contribution in [1.82, 2.24) is 25.2 Å². The first-order valence-corrected chi connectivity index (χ1v) is 9.61. The second-order valence-electron chi connectivity index (χ2n) is 7.14. The number of hydrogen-bond donors (Lipinski definition) is 2. The normalized spacial score (nSPS) is 14.8. The number of benzene rings is 1. The summed E-state index contributed by atoms with van der Waals surface area (Å²) in [5, 5.41) is 2.80. The van der Waals surface area contributed by atoms with E-state index in [1.807, 2.05) is 31.2 Å². The van der Waals surface area contributed by atoms with Crippen LogP contribution in [0.5, 0.6) is 0 Å². The summed E-state index contributed by atoms with van der Waals surface area (Å²) >= 11 is 0. The van der Waals surface area contributed by atoms with Gasteiger partial charge in [0.1, 0.15) is 16.9 Å². The molecule has 0 radical (unpaired) electrons. The van der Waals surface area contributed by atoms with E-state index in [1.54, 1.807) is 6.20 Å². The molecule has 3 heterocycles. The molecule has 1 aliphatic rings. The van der Waals surface area contributed by atoms with Gasteiger partial charge in [-0.25, -0.2) is 9.97 Å². The minimum absolute atomic E-state index is 0.0423. The van der Waals surface area contributed by atoms with Gasteiger partial charge in [-0.15, -0.1) is 0 Å². The molecule has 1 aliphatic heterocycles. The van der Waals surface area contributed by atoms with Crippen LogP contribution in [0.3, 0.4) is 0 Å². The van der Waals surface area contributed by atoms with Crippen LogP contribution in [0.15, 0.2) is 41.5 Å². The maximum Gasteiger partial charge on any atom is 0.257 e. The van der Waals surface area contributed by atoms with Crippen molar-refractivity contribution < 1.29 is 9.53 Å². The predicted molar refractivity (Wildman–Crippen MR) is 109 cm³/mol. The minimum atomic E-state index is -0.429. The Morgan fingerprint density at radius 1 is 1.24 bits per heavy atom. The van der Waals surface area contributed by atoms with Crippen molar-refractivity contribution in [2.45, 2.75) is 20.0 Å². The van der Waals surface area contributed by atoms with Crippen LogP contribution in [0.25, 0.3) is 11.0 Å². The average molecular weight is 393 g/mol. The molecule has 3 aromatic rings. The molecule has 0 aliphatic carbocycles. The van der Waals surface area contributed by atoms with Crippen LogP contribution in [-0.4, -0.2) is 52.1 Å². The van der Waals surface area contributed by atoms with Crippen molar-refractivity contribution in [3.63, 3.8) is 0 Å². The molecule has 4 rings (SSSR count). The highest BCUT2D eigenvalue weighted by Gasteiger charge is 2.16. The van der Waals surface area contributed by atoms with Gasteiger partial charge >= 0.3 is 0 Å². The highest BCUT2D eigenvalue weighted by Crippen LogP contribution is 2.08. The van der Waals surface area contributed by atoms with Crippen LogP contribution < -0.4 is 10.7 Å². The zero-order chi connectivity index (χ0) is 20.2. The van der Waals surface area contributed by atoms with Gasteiger partial charge in [0.25, 0.3) is 5.91 Å². The summed E-state index contributed by atoms with van der Waals surface area (Å²) in [6, 6.07) is 7.87. The molecule has 1 aromatic carbocycles. The van der Waals surface area contributed by atoms with E-state index in [0.717, 1.165) is 24.2 Å². The number of aryl methyl sites for hydroxylation is 1. The molecule has 8 heteroatoms. The Morgan fingerprint density at radius 3 is 2.76 bits per heavy atom. The Kier molecular flexibility index (Phi) is 5.64. The fourth-order valence-corrected chi connectivity index (χ4v) is 3.23. The highest BCUT2D eigenvalue weighted by molar-refractivity contribution is 5.96. The third-order valence-corrected chi connectivity index (χ3v) is 4.96. The number of ether oxygens (including phenoxy) is 1. The second-order valence-corrected chi connectivity index (χ2v) is 7.14. The number of aromatic amines is 1. The van der Waals surface area contributed by atoms with E-state index in [4.69, 9.17) is 4.74 Å². The van der Waals surface area contributed by atoms with Crippen LogP contribution in [0.2, 0.25) is 0 Å². The molecule has 1 saturated heterocycles. The van der Waals surface area contributed by atoms with E-state index >= 15 is 0 Å². The number of amides is 1. The molecule has 150 valence electrons. The van der Waals surface area contributed by atoms with Crippen molar-refractivity contribution >= 4 is 16.9 Å². The van der Waals surface area contributed by atoms with E-state index in [-0.39, 0.29) is 11.1 Å². The molecule has 0 saturated carbocycles. The third-order valence-electron chi connectivity index (χ3n) is 4.96. The highest BCUT2D eigenvalue weighted by atomic mass is 16.5. The van der Waals surface area contributed by atoms with Crippen molar-refractivity contribution in [3.05, 3.63) is 69.4 Å². The fourth-order valence-electron chi connectivity index (χ4n) is 3.23. The quantitative estimate of drug-likeness (QED) is 0.680.